The fraction of sp³-hybridized carbons (Fsp3) is 0.190. The zero-order valence-corrected chi connectivity index (χ0v) is 16.1. The van der Waals surface area contributed by atoms with Crippen LogP contribution in [0.5, 0.6) is 11.5 Å². The third-order valence-corrected chi connectivity index (χ3v) is 4.88. The molecule has 7 nitrogen and oxygen atoms in total. The standard InChI is InChI=1S/C21H20N4O3/c1-13-18-12-23-25(19-11-17(28-4)8-9-22-19)21(26)20(18)14(2)24(13)15-6-5-7-16(10-15)27-3/h5-12H,1-4H3. The van der Waals surface area contributed by atoms with Crippen LogP contribution in [0.4, 0.5) is 0 Å². The lowest BCUT2D eigenvalue weighted by molar-refractivity contribution is 0.413. The van der Waals surface area contributed by atoms with Crippen molar-refractivity contribution in [3.05, 3.63) is 70.5 Å². The molecule has 0 saturated heterocycles. The molecule has 0 bridgehead atoms. The predicted octanol–water partition coefficient (Wildman–Crippen LogP) is 3.21. The van der Waals surface area contributed by atoms with Crippen LogP contribution in [0, 0.1) is 13.8 Å². The maximum absolute atomic E-state index is 13.3. The summed E-state index contributed by atoms with van der Waals surface area (Å²) in [5.41, 5.74) is 2.48. The van der Waals surface area contributed by atoms with Crippen molar-refractivity contribution in [3.63, 3.8) is 0 Å². The van der Waals surface area contributed by atoms with Crippen LogP contribution in [-0.2, 0) is 0 Å². The van der Waals surface area contributed by atoms with Crippen molar-refractivity contribution in [3.8, 4) is 23.0 Å². The molecule has 0 unspecified atom stereocenters. The third kappa shape index (κ3) is 2.72. The van der Waals surface area contributed by atoms with Gasteiger partial charge in [0.15, 0.2) is 5.82 Å². The highest BCUT2D eigenvalue weighted by Crippen LogP contribution is 2.28. The minimum Gasteiger partial charge on any atom is -0.497 e. The van der Waals surface area contributed by atoms with Crippen LogP contribution in [0.1, 0.15) is 11.4 Å². The van der Waals surface area contributed by atoms with E-state index >= 15 is 0 Å². The van der Waals surface area contributed by atoms with E-state index in [1.54, 1.807) is 38.7 Å². The van der Waals surface area contributed by atoms with Crippen LogP contribution in [0.25, 0.3) is 22.3 Å². The van der Waals surface area contributed by atoms with Crippen LogP contribution >= 0.6 is 0 Å². The van der Waals surface area contributed by atoms with Crippen molar-refractivity contribution in [1.29, 1.82) is 0 Å². The van der Waals surface area contributed by atoms with Crippen molar-refractivity contribution in [2.24, 2.45) is 0 Å². The van der Waals surface area contributed by atoms with Crippen LogP contribution < -0.4 is 15.0 Å². The van der Waals surface area contributed by atoms with Gasteiger partial charge in [0, 0.05) is 40.8 Å². The number of aryl methyl sites for hydroxylation is 2. The minimum absolute atomic E-state index is 0.222. The average Bonchev–Trinajstić information content (AvgIpc) is 2.99. The lowest BCUT2D eigenvalue weighted by Gasteiger charge is -2.10. The van der Waals surface area contributed by atoms with E-state index in [-0.39, 0.29) is 5.56 Å². The lowest BCUT2D eigenvalue weighted by Crippen LogP contribution is -2.22. The van der Waals surface area contributed by atoms with E-state index in [1.165, 1.54) is 4.68 Å². The Morgan fingerprint density at radius 1 is 0.964 bits per heavy atom. The Morgan fingerprint density at radius 2 is 1.71 bits per heavy atom. The number of rotatable bonds is 4. The Bertz CT molecular complexity index is 1240. The van der Waals surface area contributed by atoms with Gasteiger partial charge in [-0.1, -0.05) is 6.07 Å². The van der Waals surface area contributed by atoms with Gasteiger partial charge in [0.05, 0.1) is 25.8 Å². The number of hydrogen-bond donors (Lipinski definition) is 0. The summed E-state index contributed by atoms with van der Waals surface area (Å²) in [4.78, 5) is 17.5. The van der Waals surface area contributed by atoms with Crippen molar-refractivity contribution in [2.75, 3.05) is 14.2 Å². The van der Waals surface area contributed by atoms with E-state index in [2.05, 4.69) is 10.1 Å². The normalized spacial score (nSPS) is 11.0. The van der Waals surface area contributed by atoms with Gasteiger partial charge in [-0.25, -0.2) is 4.98 Å². The molecule has 142 valence electrons. The van der Waals surface area contributed by atoms with Gasteiger partial charge in [0.2, 0.25) is 0 Å². The molecule has 0 fully saturated rings. The molecular weight excluding hydrogens is 356 g/mol. The maximum atomic E-state index is 13.3. The first-order chi connectivity index (χ1) is 13.5. The summed E-state index contributed by atoms with van der Waals surface area (Å²) in [6.07, 6.45) is 3.29. The van der Waals surface area contributed by atoms with Gasteiger partial charge in [-0.05, 0) is 32.0 Å². The summed E-state index contributed by atoms with van der Waals surface area (Å²) in [6.45, 7) is 3.91. The van der Waals surface area contributed by atoms with Gasteiger partial charge in [0.25, 0.3) is 5.56 Å². The first-order valence-electron chi connectivity index (χ1n) is 8.80. The molecular formula is C21H20N4O3. The monoisotopic (exact) mass is 376 g/mol. The summed E-state index contributed by atoms with van der Waals surface area (Å²) < 4.78 is 13.9. The molecule has 3 heterocycles. The molecule has 28 heavy (non-hydrogen) atoms. The predicted molar refractivity (Wildman–Crippen MR) is 107 cm³/mol. The second-order valence-electron chi connectivity index (χ2n) is 6.41. The van der Waals surface area contributed by atoms with Gasteiger partial charge in [-0.15, -0.1) is 0 Å². The number of hydrogen-bond acceptors (Lipinski definition) is 5. The van der Waals surface area contributed by atoms with E-state index in [4.69, 9.17) is 9.47 Å². The van der Waals surface area contributed by atoms with E-state index in [0.29, 0.717) is 17.0 Å². The molecule has 0 aliphatic rings. The Hall–Kier alpha value is -3.61. The average molecular weight is 376 g/mol. The van der Waals surface area contributed by atoms with Gasteiger partial charge < -0.3 is 14.0 Å². The van der Waals surface area contributed by atoms with Gasteiger partial charge in [0.1, 0.15) is 11.5 Å². The minimum atomic E-state index is -0.222. The fourth-order valence-electron chi connectivity index (χ4n) is 3.50. The molecule has 0 saturated carbocycles. The van der Waals surface area contributed by atoms with Crippen molar-refractivity contribution >= 4 is 10.8 Å². The van der Waals surface area contributed by atoms with E-state index in [9.17, 15) is 4.79 Å². The molecule has 3 aromatic heterocycles. The topological polar surface area (TPSA) is 71.2 Å². The molecule has 0 aliphatic carbocycles. The molecule has 0 radical (unpaired) electrons. The van der Waals surface area contributed by atoms with E-state index < -0.39 is 0 Å². The fourth-order valence-corrected chi connectivity index (χ4v) is 3.50. The van der Waals surface area contributed by atoms with Gasteiger partial charge in [-0.2, -0.15) is 9.78 Å². The van der Waals surface area contributed by atoms with Crippen molar-refractivity contribution in [1.82, 2.24) is 19.3 Å². The molecule has 0 atom stereocenters. The number of pyridine rings is 1. The Labute approximate surface area is 161 Å². The van der Waals surface area contributed by atoms with E-state index in [0.717, 1.165) is 28.2 Å². The molecule has 0 spiro atoms. The largest absolute Gasteiger partial charge is 0.497 e. The SMILES string of the molecule is COc1cccc(-n2c(C)c3cnn(-c4cc(OC)ccn4)c(=O)c3c2C)c1. The summed E-state index contributed by atoms with van der Waals surface area (Å²) in [7, 11) is 3.20. The molecule has 0 amide bonds. The van der Waals surface area contributed by atoms with Crippen molar-refractivity contribution < 1.29 is 9.47 Å². The van der Waals surface area contributed by atoms with Crippen LogP contribution in [0.15, 0.2) is 53.6 Å². The number of ether oxygens (including phenoxy) is 2. The lowest BCUT2D eigenvalue weighted by atomic mass is 10.2. The number of methoxy groups -OCH3 is 2. The smallest absolute Gasteiger partial charge is 0.282 e. The maximum Gasteiger partial charge on any atom is 0.282 e. The van der Waals surface area contributed by atoms with Crippen LogP contribution in [0.3, 0.4) is 0 Å². The van der Waals surface area contributed by atoms with Crippen molar-refractivity contribution in [2.45, 2.75) is 13.8 Å². The van der Waals surface area contributed by atoms with Gasteiger partial charge >= 0.3 is 0 Å². The first kappa shape index (κ1) is 17.8. The second-order valence-corrected chi connectivity index (χ2v) is 6.41. The highest BCUT2D eigenvalue weighted by Gasteiger charge is 2.18. The number of nitrogens with zero attached hydrogens (tertiary/aromatic N) is 4. The highest BCUT2D eigenvalue weighted by molar-refractivity contribution is 5.88. The molecule has 4 aromatic rings. The Kier molecular flexibility index (Phi) is 4.35. The first-order valence-corrected chi connectivity index (χ1v) is 8.80. The quantitative estimate of drug-likeness (QED) is 0.547. The zero-order valence-electron chi connectivity index (χ0n) is 16.1. The molecule has 7 heteroatoms. The second kappa shape index (κ2) is 6.84. The summed E-state index contributed by atoms with van der Waals surface area (Å²) in [6, 6.07) is 11.1. The molecule has 0 aliphatic heterocycles. The summed E-state index contributed by atoms with van der Waals surface area (Å²) in [5, 5.41) is 5.76. The Balaban J connectivity index is 1.97. The van der Waals surface area contributed by atoms with E-state index in [1.807, 2.05) is 42.7 Å². The molecule has 4 rings (SSSR count). The number of aromatic nitrogens is 4. The highest BCUT2D eigenvalue weighted by atomic mass is 16.5. The third-order valence-electron chi connectivity index (χ3n) is 4.88. The van der Waals surface area contributed by atoms with Gasteiger partial charge in [-0.3, -0.25) is 4.79 Å². The summed E-state index contributed by atoms with van der Waals surface area (Å²) in [5.74, 6) is 1.78. The zero-order chi connectivity index (χ0) is 19.8. The number of fused-ring (bicyclic) bond motifs is 1. The van der Waals surface area contributed by atoms with Crippen LogP contribution in [0.2, 0.25) is 0 Å². The molecule has 0 N–H and O–H groups in total. The van der Waals surface area contributed by atoms with Crippen LogP contribution in [-0.4, -0.2) is 33.6 Å². The Morgan fingerprint density at radius 3 is 2.46 bits per heavy atom. The summed E-state index contributed by atoms with van der Waals surface area (Å²) >= 11 is 0. The number of benzene rings is 1. The molecule has 1 aromatic carbocycles.